The van der Waals surface area contributed by atoms with Crippen LogP contribution in [-0.2, 0) is 0 Å². The Morgan fingerprint density at radius 1 is 1.06 bits per heavy atom. The highest BCUT2D eigenvalue weighted by Crippen LogP contribution is 2.27. The van der Waals surface area contributed by atoms with E-state index in [1.807, 2.05) is 31.2 Å². The van der Waals surface area contributed by atoms with Gasteiger partial charge in [0, 0.05) is 11.6 Å². The Morgan fingerprint density at radius 2 is 1.72 bits per heavy atom. The molecule has 0 spiro atoms. The number of ether oxygens (including phenoxy) is 1. The molecular weight excluding hydrogens is 228 g/mol. The summed E-state index contributed by atoms with van der Waals surface area (Å²) in [5, 5.41) is 9.53. The van der Waals surface area contributed by atoms with Crippen LogP contribution < -0.4 is 4.74 Å². The molecule has 0 saturated carbocycles. The van der Waals surface area contributed by atoms with Crippen LogP contribution in [0.2, 0.25) is 0 Å². The molecule has 18 heavy (non-hydrogen) atoms. The van der Waals surface area contributed by atoms with Crippen molar-refractivity contribution in [1.82, 2.24) is 0 Å². The van der Waals surface area contributed by atoms with Crippen molar-refractivity contribution in [2.75, 3.05) is 0 Å². The third-order valence-electron chi connectivity index (χ3n) is 2.55. The smallest absolute Gasteiger partial charge is 0.160 e. The lowest BCUT2D eigenvalue weighted by molar-refractivity contribution is 0.101. The van der Waals surface area contributed by atoms with Crippen LogP contribution in [0.1, 0.15) is 22.8 Å². The first-order valence-electron chi connectivity index (χ1n) is 5.64. The van der Waals surface area contributed by atoms with Crippen molar-refractivity contribution in [3.05, 3.63) is 53.6 Å². The van der Waals surface area contributed by atoms with E-state index >= 15 is 0 Å². The minimum atomic E-state index is -0.111. The molecule has 0 saturated heterocycles. The van der Waals surface area contributed by atoms with E-state index in [0.717, 1.165) is 5.56 Å². The van der Waals surface area contributed by atoms with Gasteiger partial charge in [-0.3, -0.25) is 4.79 Å². The third kappa shape index (κ3) is 2.88. The summed E-state index contributed by atoms with van der Waals surface area (Å²) in [6, 6.07) is 12.1. The zero-order valence-corrected chi connectivity index (χ0v) is 10.3. The zero-order valence-electron chi connectivity index (χ0n) is 10.3. The van der Waals surface area contributed by atoms with Gasteiger partial charge in [0.1, 0.15) is 17.2 Å². The summed E-state index contributed by atoms with van der Waals surface area (Å²) in [4.78, 5) is 11.3. The van der Waals surface area contributed by atoms with Gasteiger partial charge >= 0.3 is 0 Å². The van der Waals surface area contributed by atoms with Gasteiger partial charge in [-0.25, -0.2) is 0 Å². The first-order valence-corrected chi connectivity index (χ1v) is 5.64. The van der Waals surface area contributed by atoms with Gasteiger partial charge < -0.3 is 9.84 Å². The summed E-state index contributed by atoms with van der Waals surface area (Å²) >= 11 is 0. The molecule has 2 aromatic rings. The molecule has 1 N–H and O–H groups in total. The minimum Gasteiger partial charge on any atom is -0.508 e. The van der Waals surface area contributed by atoms with E-state index in [1.54, 1.807) is 6.07 Å². The molecule has 0 atom stereocenters. The van der Waals surface area contributed by atoms with Gasteiger partial charge in [0.15, 0.2) is 5.78 Å². The number of aromatic hydroxyl groups is 1. The molecule has 0 aromatic heterocycles. The lowest BCUT2D eigenvalue weighted by atomic mass is 10.1. The van der Waals surface area contributed by atoms with Crippen LogP contribution in [0.5, 0.6) is 17.2 Å². The van der Waals surface area contributed by atoms with Crippen molar-refractivity contribution >= 4 is 5.78 Å². The lowest BCUT2D eigenvalue weighted by Crippen LogP contribution is -1.93. The molecule has 2 aromatic carbocycles. The van der Waals surface area contributed by atoms with Gasteiger partial charge in [0.25, 0.3) is 0 Å². The van der Waals surface area contributed by atoms with Crippen molar-refractivity contribution < 1.29 is 14.6 Å². The van der Waals surface area contributed by atoms with Crippen molar-refractivity contribution in [3.8, 4) is 17.2 Å². The van der Waals surface area contributed by atoms with Crippen LogP contribution in [0.3, 0.4) is 0 Å². The molecule has 0 aliphatic heterocycles. The van der Waals surface area contributed by atoms with Gasteiger partial charge in [-0.05, 0) is 38.1 Å². The Labute approximate surface area is 106 Å². The highest BCUT2D eigenvalue weighted by Gasteiger charge is 2.06. The van der Waals surface area contributed by atoms with Crippen molar-refractivity contribution in [2.45, 2.75) is 13.8 Å². The molecule has 0 fully saturated rings. The van der Waals surface area contributed by atoms with Crippen LogP contribution in [0.4, 0.5) is 0 Å². The van der Waals surface area contributed by atoms with Gasteiger partial charge in [-0.15, -0.1) is 0 Å². The van der Waals surface area contributed by atoms with E-state index in [4.69, 9.17) is 4.74 Å². The Kier molecular flexibility index (Phi) is 3.33. The first kappa shape index (κ1) is 12.2. The highest BCUT2D eigenvalue weighted by atomic mass is 16.5. The van der Waals surface area contributed by atoms with Crippen LogP contribution in [0, 0.1) is 6.92 Å². The van der Waals surface area contributed by atoms with Crippen LogP contribution in [-0.4, -0.2) is 10.9 Å². The average molecular weight is 242 g/mol. The van der Waals surface area contributed by atoms with Crippen molar-refractivity contribution in [1.29, 1.82) is 0 Å². The number of ketones is 1. The van der Waals surface area contributed by atoms with Gasteiger partial charge in [0.05, 0.1) is 0 Å². The number of hydrogen-bond donors (Lipinski definition) is 1. The van der Waals surface area contributed by atoms with Crippen LogP contribution in [0.25, 0.3) is 0 Å². The van der Waals surface area contributed by atoms with Crippen LogP contribution >= 0.6 is 0 Å². The molecule has 0 amide bonds. The van der Waals surface area contributed by atoms with E-state index in [1.165, 1.54) is 19.1 Å². The fraction of sp³-hybridized carbons (Fsp3) is 0.133. The van der Waals surface area contributed by atoms with E-state index in [-0.39, 0.29) is 11.5 Å². The lowest BCUT2D eigenvalue weighted by Gasteiger charge is -2.08. The SMILES string of the molecule is CC(=O)c1cc(O)cc(Oc2ccc(C)cc2)c1. The van der Waals surface area contributed by atoms with Crippen molar-refractivity contribution in [3.63, 3.8) is 0 Å². The Balaban J connectivity index is 2.28. The number of aryl methyl sites for hydroxylation is 1. The molecule has 2 rings (SSSR count). The van der Waals surface area contributed by atoms with Gasteiger partial charge in [-0.2, -0.15) is 0 Å². The van der Waals surface area contributed by atoms with E-state index < -0.39 is 0 Å². The summed E-state index contributed by atoms with van der Waals surface area (Å²) in [6.07, 6.45) is 0. The monoisotopic (exact) mass is 242 g/mol. The maximum Gasteiger partial charge on any atom is 0.160 e. The van der Waals surface area contributed by atoms with Crippen LogP contribution in [0.15, 0.2) is 42.5 Å². The molecule has 0 bridgehead atoms. The number of carbonyl (C=O) groups is 1. The van der Waals surface area contributed by atoms with E-state index in [9.17, 15) is 9.90 Å². The predicted octanol–water partition coefficient (Wildman–Crippen LogP) is 3.70. The van der Waals surface area contributed by atoms with E-state index in [0.29, 0.717) is 17.1 Å². The van der Waals surface area contributed by atoms with Crippen molar-refractivity contribution in [2.24, 2.45) is 0 Å². The summed E-state index contributed by atoms with van der Waals surface area (Å²) in [5.74, 6) is 1.02. The zero-order chi connectivity index (χ0) is 13.1. The molecular formula is C15H14O3. The standard InChI is InChI=1S/C15H14O3/c1-10-3-5-14(6-4-10)18-15-8-12(11(2)16)7-13(17)9-15/h3-9,17H,1-2H3. The number of phenolic OH excluding ortho intramolecular Hbond substituents is 1. The largest absolute Gasteiger partial charge is 0.508 e. The summed E-state index contributed by atoms with van der Waals surface area (Å²) < 4.78 is 5.59. The molecule has 0 heterocycles. The molecule has 0 unspecified atom stereocenters. The maximum absolute atomic E-state index is 11.3. The first-order chi connectivity index (χ1) is 8.54. The molecule has 0 aliphatic carbocycles. The summed E-state index contributed by atoms with van der Waals surface area (Å²) in [7, 11) is 0. The second-order valence-corrected chi connectivity index (χ2v) is 4.19. The van der Waals surface area contributed by atoms with E-state index in [2.05, 4.69) is 0 Å². The predicted molar refractivity (Wildman–Crippen MR) is 69.4 cm³/mol. The summed E-state index contributed by atoms with van der Waals surface area (Å²) in [5.41, 5.74) is 1.57. The molecule has 3 heteroatoms. The molecule has 3 nitrogen and oxygen atoms in total. The highest BCUT2D eigenvalue weighted by molar-refractivity contribution is 5.94. The Morgan fingerprint density at radius 3 is 2.33 bits per heavy atom. The number of benzene rings is 2. The second-order valence-electron chi connectivity index (χ2n) is 4.19. The second kappa shape index (κ2) is 4.92. The van der Waals surface area contributed by atoms with Gasteiger partial charge in [-0.1, -0.05) is 17.7 Å². The van der Waals surface area contributed by atoms with Gasteiger partial charge in [0.2, 0.25) is 0 Å². The molecule has 0 aliphatic rings. The number of rotatable bonds is 3. The maximum atomic E-state index is 11.3. The quantitative estimate of drug-likeness (QED) is 0.835. The molecule has 92 valence electrons. The topological polar surface area (TPSA) is 46.5 Å². The number of carbonyl (C=O) groups excluding carboxylic acids is 1. The average Bonchev–Trinajstić information content (AvgIpc) is 2.31. The minimum absolute atomic E-state index is 0.0183. The third-order valence-corrected chi connectivity index (χ3v) is 2.55. The fourth-order valence-corrected chi connectivity index (χ4v) is 1.59. The number of Topliss-reactive ketones (excluding diaryl/α,β-unsaturated/α-hetero) is 1. The Bertz CT molecular complexity index is 571. The summed E-state index contributed by atoms with van der Waals surface area (Å²) in [6.45, 7) is 3.44. The normalized spacial score (nSPS) is 10.1. The molecule has 0 radical (unpaired) electrons. The number of hydrogen-bond acceptors (Lipinski definition) is 3. The fourth-order valence-electron chi connectivity index (χ4n) is 1.59. The Hall–Kier alpha value is -2.29. The number of phenols is 1.